The quantitative estimate of drug-likeness (QED) is 0.589. The molecule has 0 radical (unpaired) electrons. The molecule has 1 N–H and O–H groups in total. The van der Waals surface area contributed by atoms with E-state index < -0.39 is 5.60 Å². The third-order valence-corrected chi connectivity index (χ3v) is 1.64. The van der Waals surface area contributed by atoms with Gasteiger partial charge in [-0.25, -0.2) is 0 Å². The summed E-state index contributed by atoms with van der Waals surface area (Å²) in [6, 6.07) is 0. The Kier molecular flexibility index (Phi) is 5.46. The molecule has 1 aliphatic heterocycles. The lowest BCUT2D eigenvalue weighted by Crippen LogP contribution is -2.39. The molecule has 0 saturated carbocycles. The number of β-amino-alcohol motifs (C(OH)–C–C–N with tert-alkyl or cyclic N) is 1. The van der Waals surface area contributed by atoms with Crippen LogP contribution < -0.4 is 0 Å². The van der Waals surface area contributed by atoms with Crippen LogP contribution in [0.4, 0.5) is 0 Å². The molecule has 1 aliphatic rings. The fourth-order valence-corrected chi connectivity index (χ4v) is 1.22. The maximum absolute atomic E-state index is 9.56. The van der Waals surface area contributed by atoms with Crippen molar-refractivity contribution in [1.29, 1.82) is 0 Å². The van der Waals surface area contributed by atoms with Gasteiger partial charge in [-0.05, 0) is 14.0 Å². The van der Waals surface area contributed by atoms with Crippen molar-refractivity contribution in [3.8, 4) is 0 Å². The van der Waals surface area contributed by atoms with Crippen molar-refractivity contribution >= 4 is 0 Å². The highest BCUT2D eigenvalue weighted by Crippen LogP contribution is 2.08. The molecule has 1 heterocycles. The van der Waals surface area contributed by atoms with E-state index in [0.29, 0.717) is 13.2 Å². The molecule has 0 aliphatic carbocycles. The maximum atomic E-state index is 9.56. The lowest BCUT2D eigenvalue weighted by Gasteiger charge is -2.23. The van der Waals surface area contributed by atoms with Gasteiger partial charge < -0.3 is 14.7 Å². The van der Waals surface area contributed by atoms with Gasteiger partial charge in [-0.1, -0.05) is 13.8 Å². The summed E-state index contributed by atoms with van der Waals surface area (Å²) in [5.41, 5.74) is -0.661. The molecular weight excluding hydrogens is 154 g/mol. The lowest BCUT2D eigenvalue weighted by molar-refractivity contribution is -0.0202. The van der Waals surface area contributed by atoms with Crippen molar-refractivity contribution in [2.75, 3.05) is 33.4 Å². The highest BCUT2D eigenvalue weighted by molar-refractivity contribution is 4.77. The van der Waals surface area contributed by atoms with Crippen LogP contribution >= 0.6 is 0 Å². The van der Waals surface area contributed by atoms with E-state index in [1.807, 2.05) is 20.9 Å². The average molecular weight is 175 g/mol. The Balaban J connectivity index is 0.000000561. The zero-order valence-electron chi connectivity index (χ0n) is 8.63. The van der Waals surface area contributed by atoms with E-state index in [1.54, 1.807) is 6.92 Å². The third kappa shape index (κ3) is 4.70. The molecule has 0 spiro atoms. The molecule has 3 nitrogen and oxygen atoms in total. The standard InChI is InChI=1S/C7H15NO2.C2H6/c1-7(9)5-8(2)3-4-10-6-7;1-2/h9H,3-6H2,1-2H3;1-2H3/t7-;/m1./s1. The molecule has 1 saturated heterocycles. The average Bonchev–Trinajstić information content (AvgIpc) is 2.14. The van der Waals surface area contributed by atoms with Gasteiger partial charge in [0.1, 0.15) is 0 Å². The van der Waals surface area contributed by atoms with Crippen LogP contribution in [0.3, 0.4) is 0 Å². The van der Waals surface area contributed by atoms with E-state index in [-0.39, 0.29) is 0 Å². The SMILES string of the molecule is CC.CN1CCOC[C@](C)(O)C1. The Morgan fingerprint density at radius 3 is 2.58 bits per heavy atom. The predicted octanol–water partition coefficient (Wildman–Crippen LogP) is 0.726. The Bertz CT molecular complexity index is 115. The molecular formula is C9H21NO2. The number of ether oxygens (including phenoxy) is 1. The van der Waals surface area contributed by atoms with Crippen LogP contribution in [0.25, 0.3) is 0 Å². The van der Waals surface area contributed by atoms with Gasteiger partial charge in [0.2, 0.25) is 0 Å². The van der Waals surface area contributed by atoms with Crippen molar-refractivity contribution in [2.24, 2.45) is 0 Å². The van der Waals surface area contributed by atoms with Gasteiger partial charge in [0.25, 0.3) is 0 Å². The summed E-state index contributed by atoms with van der Waals surface area (Å²) in [4.78, 5) is 2.08. The summed E-state index contributed by atoms with van der Waals surface area (Å²) < 4.78 is 5.19. The van der Waals surface area contributed by atoms with Gasteiger partial charge in [-0.3, -0.25) is 0 Å². The summed E-state index contributed by atoms with van der Waals surface area (Å²) in [6.45, 7) is 8.60. The number of hydrogen-bond donors (Lipinski definition) is 1. The van der Waals surface area contributed by atoms with Crippen molar-refractivity contribution in [2.45, 2.75) is 26.4 Å². The highest BCUT2D eigenvalue weighted by Gasteiger charge is 2.24. The summed E-state index contributed by atoms with van der Waals surface area (Å²) in [6.07, 6.45) is 0. The van der Waals surface area contributed by atoms with Crippen molar-refractivity contribution in [3.63, 3.8) is 0 Å². The second-order valence-electron chi connectivity index (χ2n) is 3.29. The molecule has 12 heavy (non-hydrogen) atoms. The molecule has 0 amide bonds. The zero-order valence-corrected chi connectivity index (χ0v) is 8.63. The van der Waals surface area contributed by atoms with Crippen LogP contribution in [0.15, 0.2) is 0 Å². The third-order valence-electron chi connectivity index (χ3n) is 1.64. The molecule has 0 aromatic rings. The summed E-state index contributed by atoms with van der Waals surface area (Å²) >= 11 is 0. The molecule has 74 valence electrons. The molecule has 3 heteroatoms. The molecule has 1 fully saturated rings. The van der Waals surface area contributed by atoms with Gasteiger partial charge in [0, 0.05) is 13.1 Å². The number of nitrogens with zero attached hydrogens (tertiary/aromatic N) is 1. The highest BCUT2D eigenvalue weighted by atomic mass is 16.5. The largest absolute Gasteiger partial charge is 0.386 e. The topological polar surface area (TPSA) is 32.7 Å². The lowest BCUT2D eigenvalue weighted by atomic mass is 10.1. The smallest absolute Gasteiger partial charge is 0.0978 e. The molecule has 0 aromatic heterocycles. The Hall–Kier alpha value is -0.120. The van der Waals surface area contributed by atoms with E-state index in [4.69, 9.17) is 4.74 Å². The zero-order chi connectivity index (χ0) is 9.61. The van der Waals surface area contributed by atoms with Gasteiger partial charge in [0.15, 0.2) is 0 Å². The summed E-state index contributed by atoms with van der Waals surface area (Å²) in [7, 11) is 1.99. The fourth-order valence-electron chi connectivity index (χ4n) is 1.22. The van der Waals surface area contributed by atoms with Gasteiger partial charge in [-0.2, -0.15) is 0 Å². The first kappa shape index (κ1) is 11.9. The summed E-state index contributed by atoms with van der Waals surface area (Å²) in [5.74, 6) is 0. The molecule has 0 bridgehead atoms. The fraction of sp³-hybridized carbons (Fsp3) is 1.00. The minimum atomic E-state index is -0.661. The Labute approximate surface area is 75.3 Å². The second-order valence-corrected chi connectivity index (χ2v) is 3.29. The predicted molar refractivity (Wildman–Crippen MR) is 50.3 cm³/mol. The van der Waals surface area contributed by atoms with E-state index in [0.717, 1.165) is 13.2 Å². The minimum Gasteiger partial charge on any atom is -0.386 e. The first-order valence-corrected chi connectivity index (χ1v) is 4.59. The molecule has 1 rings (SSSR count). The van der Waals surface area contributed by atoms with Gasteiger partial charge >= 0.3 is 0 Å². The molecule has 1 atom stereocenters. The van der Waals surface area contributed by atoms with Gasteiger partial charge in [0.05, 0.1) is 18.8 Å². The van der Waals surface area contributed by atoms with E-state index >= 15 is 0 Å². The van der Waals surface area contributed by atoms with Crippen LogP contribution in [-0.2, 0) is 4.74 Å². The number of aliphatic hydroxyl groups is 1. The van der Waals surface area contributed by atoms with Crippen molar-refractivity contribution < 1.29 is 9.84 Å². The number of rotatable bonds is 0. The van der Waals surface area contributed by atoms with Crippen LogP contribution in [0, 0.1) is 0 Å². The normalized spacial score (nSPS) is 31.8. The minimum absolute atomic E-state index is 0.456. The van der Waals surface area contributed by atoms with E-state index in [2.05, 4.69) is 4.90 Å². The number of likely N-dealkylation sites (N-methyl/N-ethyl adjacent to an activating group) is 1. The van der Waals surface area contributed by atoms with Crippen molar-refractivity contribution in [1.82, 2.24) is 4.90 Å². The Morgan fingerprint density at radius 1 is 1.42 bits per heavy atom. The van der Waals surface area contributed by atoms with E-state index in [1.165, 1.54) is 0 Å². The Morgan fingerprint density at radius 2 is 2.00 bits per heavy atom. The van der Waals surface area contributed by atoms with Crippen molar-refractivity contribution in [3.05, 3.63) is 0 Å². The molecule has 0 unspecified atom stereocenters. The molecule has 0 aromatic carbocycles. The monoisotopic (exact) mass is 175 g/mol. The van der Waals surface area contributed by atoms with Crippen LogP contribution in [0.2, 0.25) is 0 Å². The number of hydrogen-bond acceptors (Lipinski definition) is 3. The van der Waals surface area contributed by atoms with Crippen LogP contribution in [-0.4, -0.2) is 49.0 Å². The summed E-state index contributed by atoms with van der Waals surface area (Å²) in [5, 5.41) is 9.56. The first-order chi connectivity index (χ1) is 5.60. The van der Waals surface area contributed by atoms with E-state index in [9.17, 15) is 5.11 Å². The van der Waals surface area contributed by atoms with Crippen LogP contribution in [0.5, 0.6) is 0 Å². The maximum Gasteiger partial charge on any atom is 0.0978 e. The van der Waals surface area contributed by atoms with Gasteiger partial charge in [-0.15, -0.1) is 0 Å². The van der Waals surface area contributed by atoms with Crippen LogP contribution in [0.1, 0.15) is 20.8 Å². The second kappa shape index (κ2) is 5.51. The first-order valence-electron chi connectivity index (χ1n) is 4.59.